The van der Waals surface area contributed by atoms with Gasteiger partial charge in [-0.25, -0.2) is 14.2 Å². The minimum Gasteiger partial charge on any atom is -0.477 e. The van der Waals surface area contributed by atoms with Crippen LogP contribution >= 0.6 is 8.03 Å². The van der Waals surface area contributed by atoms with Crippen LogP contribution in [0.3, 0.4) is 0 Å². The summed E-state index contributed by atoms with van der Waals surface area (Å²) < 4.78 is 26.5. The second-order valence-corrected chi connectivity index (χ2v) is 10.9. The average molecular weight is 509 g/mol. The monoisotopic (exact) mass is 508 g/mol. The van der Waals surface area contributed by atoms with Gasteiger partial charge in [-0.2, -0.15) is 4.89 Å². The van der Waals surface area contributed by atoms with Crippen LogP contribution in [0.1, 0.15) is 37.6 Å². The molecular weight excluding hydrogens is 480 g/mol. The van der Waals surface area contributed by atoms with Crippen LogP contribution in [0.25, 0.3) is 11.3 Å². The van der Waals surface area contributed by atoms with Gasteiger partial charge in [0.2, 0.25) is 0 Å². The quantitative estimate of drug-likeness (QED) is 0.298. The summed E-state index contributed by atoms with van der Waals surface area (Å²) in [5.74, 6) is 2.91. The minimum absolute atomic E-state index is 0.143. The van der Waals surface area contributed by atoms with Crippen LogP contribution in [0, 0.1) is 30.0 Å². The number of aliphatic carboxylic acids is 1. The molecule has 8 heteroatoms. The third kappa shape index (κ3) is 5.37. The summed E-state index contributed by atoms with van der Waals surface area (Å²) >= 11 is 0. The predicted molar refractivity (Wildman–Crippen MR) is 136 cm³/mol. The molecule has 0 aliphatic heterocycles. The highest BCUT2D eigenvalue weighted by Gasteiger charge is 2.72. The Bertz CT molecular complexity index is 1340. The van der Waals surface area contributed by atoms with E-state index in [1.54, 1.807) is 32.9 Å². The summed E-state index contributed by atoms with van der Waals surface area (Å²) in [5, 5.41) is 19.7. The second-order valence-electron chi connectivity index (χ2n) is 9.68. The number of hydrogen-bond donors (Lipinski definition) is 3. The molecule has 3 atom stereocenters. The maximum absolute atomic E-state index is 13.6. The maximum Gasteiger partial charge on any atom is 0.541 e. The number of pyridine rings is 1. The Morgan fingerprint density at radius 2 is 1.64 bits per heavy atom. The zero-order valence-electron chi connectivity index (χ0n) is 20.5. The van der Waals surface area contributed by atoms with Crippen LogP contribution in [0.5, 0.6) is 0 Å². The van der Waals surface area contributed by atoms with Crippen molar-refractivity contribution in [2.24, 2.45) is 5.41 Å². The van der Waals surface area contributed by atoms with Crippen molar-refractivity contribution < 1.29 is 28.9 Å². The highest BCUT2D eigenvalue weighted by atomic mass is 31.1. The molecule has 0 spiro atoms. The molecule has 1 heterocycles. The highest BCUT2D eigenvalue weighted by Crippen LogP contribution is 2.51. The third-order valence-electron chi connectivity index (χ3n) is 5.78. The first-order valence-electron chi connectivity index (χ1n) is 11.2. The first-order valence-corrected chi connectivity index (χ1v) is 12.5. The number of aryl methyl sites for hydroxylation is 1. The van der Waals surface area contributed by atoms with Crippen molar-refractivity contribution in [3.05, 3.63) is 89.4 Å². The molecule has 0 saturated carbocycles. The Labute approximate surface area is 210 Å². The van der Waals surface area contributed by atoms with Gasteiger partial charge in [0.1, 0.15) is 5.82 Å². The van der Waals surface area contributed by atoms with Crippen molar-refractivity contribution in [2.45, 2.75) is 44.9 Å². The molecule has 186 valence electrons. The molecule has 0 aliphatic rings. The Kier molecular flexibility index (Phi) is 7.76. The Balaban J connectivity index is 2.36. The number of carbonyl (C=O) groups is 1. The number of nitrogens with zero attached hydrogens (tertiary/aromatic N) is 1. The van der Waals surface area contributed by atoms with E-state index in [2.05, 4.69) is 16.8 Å². The predicted octanol–water partition coefficient (Wildman–Crippen LogP) is 5.23. The lowest BCUT2D eigenvalue weighted by atomic mass is 9.77. The summed E-state index contributed by atoms with van der Waals surface area (Å²) in [7, 11) is -3.61. The summed E-state index contributed by atoms with van der Waals surface area (Å²) in [6.45, 7) is 7.03. The van der Waals surface area contributed by atoms with Crippen LogP contribution in [-0.4, -0.2) is 31.2 Å². The van der Waals surface area contributed by atoms with Gasteiger partial charge < -0.3 is 10.2 Å². The number of carboxylic acid groups (broad SMARTS) is 1. The summed E-state index contributed by atoms with van der Waals surface area (Å²) in [5.41, 5.74) is -1.01. The van der Waals surface area contributed by atoms with Crippen molar-refractivity contribution in [1.82, 2.24) is 4.98 Å². The molecule has 0 bridgehead atoms. The normalized spacial score (nSPS) is 15.1. The van der Waals surface area contributed by atoms with E-state index >= 15 is 0 Å². The van der Waals surface area contributed by atoms with E-state index in [9.17, 15) is 28.9 Å². The van der Waals surface area contributed by atoms with E-state index in [1.807, 2.05) is 31.2 Å². The fourth-order valence-electron chi connectivity index (χ4n) is 3.88. The summed E-state index contributed by atoms with van der Waals surface area (Å²) in [4.78, 5) is 27.8. The van der Waals surface area contributed by atoms with Crippen LogP contribution in [0.15, 0.2) is 66.7 Å². The number of aliphatic hydroxyl groups is 1. The SMILES string of the molecule is Cc1ccccc1-c1cccc(C(O)(Cc2ccc(F)cc2)C(C#CC(C)(C)C)(C(=O)O)[P+](=O)O)n1. The van der Waals surface area contributed by atoms with Gasteiger partial charge in [0.15, 0.2) is 5.60 Å². The lowest BCUT2D eigenvalue weighted by Crippen LogP contribution is -2.56. The van der Waals surface area contributed by atoms with E-state index in [4.69, 9.17) is 0 Å². The molecular formula is C28H28FNO5P+. The topological polar surface area (TPSA) is 108 Å². The number of halogens is 1. The fourth-order valence-corrected chi connectivity index (χ4v) is 4.70. The lowest BCUT2D eigenvalue weighted by molar-refractivity contribution is -0.146. The minimum atomic E-state index is -3.61. The van der Waals surface area contributed by atoms with Crippen molar-refractivity contribution in [2.75, 3.05) is 0 Å². The zero-order valence-corrected chi connectivity index (χ0v) is 21.4. The zero-order chi connectivity index (χ0) is 26.7. The van der Waals surface area contributed by atoms with Crippen LogP contribution in [-0.2, 0) is 21.4 Å². The second kappa shape index (κ2) is 10.3. The Morgan fingerprint density at radius 1 is 1.00 bits per heavy atom. The fraction of sp³-hybridized carbons (Fsp3) is 0.286. The first kappa shape index (κ1) is 27.2. The number of carboxylic acids is 1. The molecule has 0 saturated heterocycles. The largest absolute Gasteiger partial charge is 0.541 e. The van der Waals surface area contributed by atoms with E-state index in [1.165, 1.54) is 18.2 Å². The van der Waals surface area contributed by atoms with Crippen LogP contribution in [0.4, 0.5) is 4.39 Å². The van der Waals surface area contributed by atoms with Crippen molar-refractivity contribution in [3.63, 3.8) is 0 Å². The lowest BCUT2D eigenvalue weighted by Gasteiger charge is -2.33. The number of benzene rings is 2. The van der Waals surface area contributed by atoms with Gasteiger partial charge in [0.25, 0.3) is 0 Å². The number of rotatable bonds is 7. The number of hydrogen-bond acceptors (Lipinski definition) is 4. The summed E-state index contributed by atoms with van der Waals surface area (Å²) in [6, 6.07) is 17.2. The van der Waals surface area contributed by atoms with Gasteiger partial charge in [-0.1, -0.05) is 48.4 Å². The molecule has 6 nitrogen and oxygen atoms in total. The average Bonchev–Trinajstić information content (AvgIpc) is 2.80. The standard InChI is InChI=1S/C28H27FNO5P/c1-19-8-5-6-9-22(19)23-10-7-11-24(30-23)27(33,18-20-12-14-21(29)15-13-20)28(25(31)32,36(34)35)17-16-26(2,3)4/h5-15,33H,18H2,1-4H3,(H-,31,32,34,35)/p+1. The first-order chi connectivity index (χ1) is 16.8. The van der Waals surface area contributed by atoms with E-state index < -0.39 is 42.4 Å². The van der Waals surface area contributed by atoms with E-state index in [0.717, 1.165) is 23.3 Å². The van der Waals surface area contributed by atoms with Crippen LogP contribution < -0.4 is 0 Å². The molecule has 36 heavy (non-hydrogen) atoms. The highest BCUT2D eigenvalue weighted by molar-refractivity contribution is 7.42. The van der Waals surface area contributed by atoms with Crippen molar-refractivity contribution >= 4 is 14.0 Å². The molecule has 2 aromatic carbocycles. The smallest absolute Gasteiger partial charge is 0.477 e. The van der Waals surface area contributed by atoms with E-state index in [0.29, 0.717) is 11.3 Å². The van der Waals surface area contributed by atoms with Gasteiger partial charge in [0.05, 0.1) is 11.4 Å². The molecule has 0 radical (unpaired) electrons. The van der Waals surface area contributed by atoms with Crippen molar-refractivity contribution in [1.29, 1.82) is 0 Å². The maximum atomic E-state index is 13.6. The van der Waals surface area contributed by atoms with Gasteiger partial charge >= 0.3 is 19.2 Å². The molecule has 3 N–H and O–H groups in total. The summed E-state index contributed by atoms with van der Waals surface area (Å²) in [6.07, 6.45) is -0.454. The number of aromatic nitrogens is 1. The van der Waals surface area contributed by atoms with Gasteiger partial charge in [-0.15, -0.1) is 0 Å². The Hall–Kier alpha value is -3.43. The molecule has 0 aliphatic carbocycles. The van der Waals surface area contributed by atoms with Gasteiger partial charge in [0, 0.05) is 17.4 Å². The Morgan fingerprint density at radius 3 is 2.19 bits per heavy atom. The van der Waals surface area contributed by atoms with Crippen molar-refractivity contribution in [3.8, 4) is 23.1 Å². The molecule has 3 aromatic rings. The third-order valence-corrected chi connectivity index (χ3v) is 7.03. The molecule has 3 rings (SSSR count). The van der Waals surface area contributed by atoms with Crippen LogP contribution in [0.2, 0.25) is 0 Å². The van der Waals surface area contributed by atoms with E-state index in [-0.39, 0.29) is 5.69 Å². The van der Waals surface area contributed by atoms with Gasteiger partial charge in [-0.3, -0.25) is 0 Å². The van der Waals surface area contributed by atoms with Gasteiger partial charge in [-0.05, 0) is 73.6 Å². The molecule has 1 aromatic heterocycles. The molecule has 0 fully saturated rings. The molecule has 0 amide bonds. The molecule has 3 unspecified atom stereocenters.